The summed E-state index contributed by atoms with van der Waals surface area (Å²) in [6.45, 7) is 0. The lowest BCUT2D eigenvalue weighted by Gasteiger charge is -2.09. The summed E-state index contributed by atoms with van der Waals surface area (Å²) in [5, 5.41) is 31.6. The third-order valence-corrected chi connectivity index (χ3v) is 4.66. The Labute approximate surface area is 179 Å². The summed E-state index contributed by atoms with van der Waals surface area (Å²) in [6, 6.07) is 19.5. The van der Waals surface area contributed by atoms with Gasteiger partial charge in [0, 0.05) is 6.07 Å². The summed E-state index contributed by atoms with van der Waals surface area (Å²) in [6.07, 6.45) is 1.71. The van der Waals surface area contributed by atoms with E-state index in [1.807, 2.05) is 30.3 Å². The summed E-state index contributed by atoms with van der Waals surface area (Å²) in [4.78, 5) is 20.7. The molecule has 0 spiro atoms. The van der Waals surface area contributed by atoms with Crippen molar-refractivity contribution in [2.75, 3.05) is 0 Å². The maximum Gasteiger partial charge on any atom is 0.318 e. The van der Waals surface area contributed by atoms with E-state index >= 15 is 0 Å². The second-order valence-electron chi connectivity index (χ2n) is 5.99. The van der Waals surface area contributed by atoms with Crippen LogP contribution >= 0.6 is 15.9 Å². The molecule has 0 aliphatic rings. The number of ether oxygens (including phenoxy) is 1. The van der Waals surface area contributed by atoms with E-state index in [-0.39, 0.29) is 11.5 Å². The minimum Gasteiger partial charge on any atom is -0.449 e. The van der Waals surface area contributed by atoms with Gasteiger partial charge in [-0.3, -0.25) is 20.2 Å². The molecule has 8 nitrogen and oxygen atoms in total. The lowest BCUT2D eigenvalue weighted by Crippen LogP contribution is -1.96. The first kappa shape index (κ1) is 20.7. The average molecular weight is 466 g/mol. The van der Waals surface area contributed by atoms with Crippen LogP contribution in [0.25, 0.3) is 11.6 Å². The number of allylic oxidation sites excluding steroid dienone is 1. The first-order valence-corrected chi connectivity index (χ1v) is 9.26. The molecule has 0 radical (unpaired) electrons. The van der Waals surface area contributed by atoms with Gasteiger partial charge in [0.05, 0.1) is 32.0 Å². The summed E-state index contributed by atoms with van der Waals surface area (Å²) in [7, 11) is 0. The van der Waals surface area contributed by atoms with Gasteiger partial charge in [-0.05, 0) is 51.3 Å². The summed E-state index contributed by atoms with van der Waals surface area (Å²) < 4.78 is 6.11. The quantitative estimate of drug-likeness (QED) is 0.187. The molecule has 3 aromatic carbocycles. The summed E-state index contributed by atoms with van der Waals surface area (Å²) >= 11 is 3.36. The smallest absolute Gasteiger partial charge is 0.318 e. The molecule has 0 saturated carbocycles. The zero-order chi connectivity index (χ0) is 21.7. The van der Waals surface area contributed by atoms with Gasteiger partial charge in [-0.25, -0.2) is 0 Å². The highest BCUT2D eigenvalue weighted by Gasteiger charge is 2.21. The molecular formula is C21H12BrN3O5. The number of non-ortho nitro benzene ring substituents is 1. The normalized spacial score (nSPS) is 10.9. The Kier molecular flexibility index (Phi) is 6.20. The molecule has 0 aliphatic carbocycles. The van der Waals surface area contributed by atoms with Crippen LogP contribution in [0.3, 0.4) is 0 Å². The molecule has 0 aliphatic heterocycles. The number of rotatable bonds is 6. The van der Waals surface area contributed by atoms with E-state index in [2.05, 4.69) is 22.0 Å². The Hall–Kier alpha value is -4.03. The zero-order valence-electron chi connectivity index (χ0n) is 15.2. The maximum absolute atomic E-state index is 11.3. The topological polar surface area (TPSA) is 119 Å². The molecule has 0 atom stereocenters. The van der Waals surface area contributed by atoms with Gasteiger partial charge in [0.2, 0.25) is 5.75 Å². The molecule has 0 N–H and O–H groups in total. The van der Waals surface area contributed by atoms with Crippen molar-refractivity contribution in [1.82, 2.24) is 0 Å². The molecule has 0 aromatic heterocycles. The predicted octanol–water partition coefficient (Wildman–Crippen LogP) is 6.12. The third-order valence-electron chi connectivity index (χ3n) is 4.04. The highest BCUT2D eigenvalue weighted by Crippen LogP contribution is 2.37. The first-order valence-electron chi connectivity index (χ1n) is 8.46. The SMILES string of the molecule is N#C/C(=C\c1ccc(Oc2ccc([N+](=O)[O-])cc2[N+](=O)[O-])c(Br)c1)c1ccccc1. The van der Waals surface area contributed by atoms with Gasteiger partial charge in [0.1, 0.15) is 5.75 Å². The van der Waals surface area contributed by atoms with Gasteiger partial charge in [-0.15, -0.1) is 0 Å². The van der Waals surface area contributed by atoms with E-state index < -0.39 is 21.2 Å². The van der Waals surface area contributed by atoms with Crippen molar-refractivity contribution in [1.29, 1.82) is 5.26 Å². The molecule has 0 unspecified atom stereocenters. The Morgan fingerprint density at radius 1 is 0.967 bits per heavy atom. The summed E-state index contributed by atoms with van der Waals surface area (Å²) in [5.41, 5.74) is 1.04. The van der Waals surface area contributed by atoms with Crippen molar-refractivity contribution in [3.63, 3.8) is 0 Å². The van der Waals surface area contributed by atoms with Crippen LogP contribution in [0.15, 0.2) is 71.2 Å². The van der Waals surface area contributed by atoms with Gasteiger partial charge >= 0.3 is 5.69 Å². The van der Waals surface area contributed by atoms with E-state index in [1.165, 1.54) is 6.07 Å². The highest BCUT2D eigenvalue weighted by atomic mass is 79.9. The molecule has 148 valence electrons. The number of nitrogens with zero attached hydrogens (tertiary/aromatic N) is 3. The number of hydrogen-bond donors (Lipinski definition) is 0. The number of hydrogen-bond acceptors (Lipinski definition) is 6. The van der Waals surface area contributed by atoms with Crippen molar-refractivity contribution in [3.8, 4) is 17.6 Å². The minimum absolute atomic E-state index is 0.128. The number of nitriles is 1. The molecule has 0 amide bonds. The fraction of sp³-hybridized carbons (Fsp3) is 0. The molecule has 0 saturated heterocycles. The standard InChI is InChI=1S/C21H12BrN3O5/c22-18-11-14(10-16(13-23)15-4-2-1-3-5-15)6-8-20(18)30-21-9-7-17(24(26)27)12-19(21)25(28)29/h1-12H/b16-10+. The van der Waals surface area contributed by atoms with Gasteiger partial charge in [0.15, 0.2) is 0 Å². The molecule has 0 fully saturated rings. The Balaban J connectivity index is 1.92. The second kappa shape index (κ2) is 8.98. The second-order valence-corrected chi connectivity index (χ2v) is 6.85. The van der Waals surface area contributed by atoms with Crippen LogP contribution in [0, 0.1) is 31.6 Å². The molecule has 3 rings (SSSR count). The largest absolute Gasteiger partial charge is 0.449 e. The third kappa shape index (κ3) is 4.68. The van der Waals surface area contributed by atoms with E-state index in [0.717, 1.165) is 17.7 Å². The van der Waals surface area contributed by atoms with Crippen molar-refractivity contribution < 1.29 is 14.6 Å². The van der Waals surface area contributed by atoms with E-state index in [0.29, 0.717) is 15.6 Å². The van der Waals surface area contributed by atoms with Crippen LogP contribution in [-0.4, -0.2) is 9.85 Å². The van der Waals surface area contributed by atoms with E-state index in [4.69, 9.17) is 4.74 Å². The van der Waals surface area contributed by atoms with Crippen LogP contribution < -0.4 is 4.74 Å². The Morgan fingerprint density at radius 2 is 1.67 bits per heavy atom. The average Bonchev–Trinajstić information content (AvgIpc) is 2.74. The van der Waals surface area contributed by atoms with Gasteiger partial charge < -0.3 is 4.74 Å². The van der Waals surface area contributed by atoms with Crippen molar-refractivity contribution in [2.24, 2.45) is 0 Å². The van der Waals surface area contributed by atoms with Crippen LogP contribution in [0.4, 0.5) is 11.4 Å². The highest BCUT2D eigenvalue weighted by molar-refractivity contribution is 9.10. The van der Waals surface area contributed by atoms with Crippen molar-refractivity contribution >= 4 is 39.0 Å². The molecule has 0 bridgehead atoms. The lowest BCUT2D eigenvalue weighted by molar-refractivity contribution is -0.394. The zero-order valence-corrected chi connectivity index (χ0v) is 16.8. The molecule has 30 heavy (non-hydrogen) atoms. The van der Waals surface area contributed by atoms with Gasteiger partial charge in [0.25, 0.3) is 5.69 Å². The van der Waals surface area contributed by atoms with E-state index in [1.54, 1.807) is 24.3 Å². The fourth-order valence-electron chi connectivity index (χ4n) is 2.62. The lowest BCUT2D eigenvalue weighted by atomic mass is 10.0. The van der Waals surface area contributed by atoms with Crippen molar-refractivity contribution in [3.05, 3.63) is 103 Å². The van der Waals surface area contributed by atoms with Crippen LogP contribution in [0.1, 0.15) is 11.1 Å². The van der Waals surface area contributed by atoms with Crippen LogP contribution in [0.5, 0.6) is 11.5 Å². The van der Waals surface area contributed by atoms with E-state index in [9.17, 15) is 25.5 Å². The molecule has 9 heteroatoms. The van der Waals surface area contributed by atoms with Crippen LogP contribution in [-0.2, 0) is 0 Å². The maximum atomic E-state index is 11.3. The number of nitro groups is 2. The Bertz CT molecular complexity index is 1200. The first-order chi connectivity index (χ1) is 14.4. The molecule has 3 aromatic rings. The number of nitro benzene ring substituents is 2. The minimum atomic E-state index is -0.744. The summed E-state index contributed by atoms with van der Waals surface area (Å²) in [5.74, 6) is 0.152. The van der Waals surface area contributed by atoms with Gasteiger partial charge in [-0.1, -0.05) is 36.4 Å². The number of halogens is 1. The Morgan fingerprint density at radius 3 is 2.27 bits per heavy atom. The van der Waals surface area contributed by atoms with Gasteiger partial charge in [-0.2, -0.15) is 5.26 Å². The molecule has 0 heterocycles. The van der Waals surface area contributed by atoms with Crippen molar-refractivity contribution in [2.45, 2.75) is 0 Å². The molecular weight excluding hydrogens is 454 g/mol. The number of benzene rings is 3. The predicted molar refractivity (Wildman–Crippen MR) is 114 cm³/mol. The van der Waals surface area contributed by atoms with Crippen LogP contribution in [0.2, 0.25) is 0 Å². The monoisotopic (exact) mass is 465 g/mol. The fourth-order valence-corrected chi connectivity index (χ4v) is 3.10.